The van der Waals surface area contributed by atoms with Crippen LogP contribution in [0.5, 0.6) is 0 Å². The summed E-state index contributed by atoms with van der Waals surface area (Å²) in [6.45, 7) is 0.155. The molecule has 1 aliphatic rings. The Morgan fingerprint density at radius 1 is 1.41 bits per heavy atom. The van der Waals surface area contributed by atoms with Crippen LogP contribution in [0.3, 0.4) is 0 Å². The fraction of sp³-hybridized carbons (Fsp3) is 0.267. The van der Waals surface area contributed by atoms with Gasteiger partial charge in [-0.2, -0.15) is 0 Å². The molecule has 0 spiro atoms. The van der Waals surface area contributed by atoms with Crippen molar-refractivity contribution in [1.29, 1.82) is 0 Å². The van der Waals surface area contributed by atoms with Crippen molar-refractivity contribution in [3.63, 3.8) is 0 Å². The maximum absolute atomic E-state index is 13.9. The number of carbonyl (C=O) groups is 2. The molecule has 6 nitrogen and oxygen atoms in total. The second-order valence-corrected chi connectivity index (χ2v) is 4.98. The average Bonchev–Trinajstić information content (AvgIpc) is 3.00. The molecule has 1 amide bonds. The zero-order chi connectivity index (χ0) is 15.7. The van der Waals surface area contributed by atoms with E-state index >= 15 is 0 Å². The molecule has 1 atom stereocenters. The maximum atomic E-state index is 13.9. The van der Waals surface area contributed by atoms with Crippen LogP contribution in [0.15, 0.2) is 30.6 Å². The summed E-state index contributed by atoms with van der Waals surface area (Å²) in [6.07, 6.45) is 1.75. The zero-order valence-corrected chi connectivity index (χ0v) is 11.9. The van der Waals surface area contributed by atoms with Crippen LogP contribution >= 0.6 is 0 Å². The van der Waals surface area contributed by atoms with E-state index in [1.807, 2.05) is 0 Å². The molecule has 1 unspecified atom stereocenters. The summed E-state index contributed by atoms with van der Waals surface area (Å²) in [4.78, 5) is 33.0. The van der Waals surface area contributed by atoms with E-state index < -0.39 is 23.7 Å². The molecule has 2 aromatic rings. The number of nitrogens with one attached hydrogen (secondary N) is 1. The van der Waals surface area contributed by atoms with Gasteiger partial charge in [-0.25, -0.2) is 14.2 Å². The smallest absolute Gasteiger partial charge is 0.329 e. The standard InChI is InChI=1S/C15H14FN3O3/c1-22-15(21)13-6-11-12(18-8-17-11)7-19(13)14(20)9-4-2-3-5-10(9)16/h2-5,8,13H,6-7H2,1H3,(H,17,18). The minimum Gasteiger partial charge on any atom is -0.467 e. The quantitative estimate of drug-likeness (QED) is 0.848. The molecule has 0 aliphatic carbocycles. The van der Waals surface area contributed by atoms with Gasteiger partial charge in [-0.05, 0) is 12.1 Å². The highest BCUT2D eigenvalue weighted by molar-refractivity contribution is 5.97. The van der Waals surface area contributed by atoms with Crippen molar-refractivity contribution in [2.24, 2.45) is 0 Å². The number of imidazole rings is 1. The van der Waals surface area contributed by atoms with Crippen molar-refractivity contribution >= 4 is 11.9 Å². The van der Waals surface area contributed by atoms with Crippen LogP contribution in [0.4, 0.5) is 4.39 Å². The second-order valence-electron chi connectivity index (χ2n) is 4.98. The lowest BCUT2D eigenvalue weighted by molar-refractivity contribution is -0.146. The summed E-state index contributed by atoms with van der Waals surface area (Å²) >= 11 is 0. The highest BCUT2D eigenvalue weighted by atomic mass is 19.1. The Kier molecular flexibility index (Phi) is 3.62. The summed E-state index contributed by atoms with van der Waals surface area (Å²) in [5.74, 6) is -1.71. The van der Waals surface area contributed by atoms with Gasteiger partial charge in [0.2, 0.25) is 0 Å². The Hall–Kier alpha value is -2.70. The molecule has 0 saturated carbocycles. The van der Waals surface area contributed by atoms with Crippen LogP contribution in [0.25, 0.3) is 0 Å². The normalized spacial score (nSPS) is 17.0. The number of methoxy groups -OCH3 is 1. The van der Waals surface area contributed by atoms with Crippen LogP contribution in [0.1, 0.15) is 21.7 Å². The molecule has 1 aliphatic heterocycles. The van der Waals surface area contributed by atoms with Crippen LogP contribution in [0.2, 0.25) is 0 Å². The number of halogens is 1. The van der Waals surface area contributed by atoms with Crippen LogP contribution in [-0.2, 0) is 22.5 Å². The van der Waals surface area contributed by atoms with E-state index in [0.717, 1.165) is 5.69 Å². The molecule has 1 aromatic carbocycles. The van der Waals surface area contributed by atoms with Crippen LogP contribution in [-0.4, -0.2) is 39.9 Å². The topological polar surface area (TPSA) is 75.3 Å². The number of rotatable bonds is 2. The van der Waals surface area contributed by atoms with Gasteiger partial charge < -0.3 is 14.6 Å². The third-order valence-corrected chi connectivity index (χ3v) is 3.74. The second kappa shape index (κ2) is 5.59. The number of hydrogen-bond acceptors (Lipinski definition) is 4. The number of benzene rings is 1. The lowest BCUT2D eigenvalue weighted by Gasteiger charge is -2.33. The lowest BCUT2D eigenvalue weighted by Crippen LogP contribution is -2.49. The van der Waals surface area contributed by atoms with Crippen molar-refractivity contribution in [2.45, 2.75) is 19.0 Å². The predicted octanol–water partition coefficient (Wildman–Crippen LogP) is 1.29. The van der Waals surface area contributed by atoms with Gasteiger partial charge in [0.15, 0.2) is 0 Å². The fourth-order valence-corrected chi connectivity index (χ4v) is 2.59. The van der Waals surface area contributed by atoms with E-state index in [2.05, 4.69) is 9.97 Å². The number of aromatic nitrogens is 2. The predicted molar refractivity (Wildman–Crippen MR) is 74.4 cm³/mol. The Bertz CT molecular complexity index is 728. The molecule has 1 N–H and O–H groups in total. The number of carbonyl (C=O) groups excluding carboxylic acids is 2. The summed E-state index contributed by atoms with van der Waals surface area (Å²) in [5, 5.41) is 0. The van der Waals surface area contributed by atoms with Gasteiger partial charge in [-0.3, -0.25) is 4.79 Å². The highest BCUT2D eigenvalue weighted by Gasteiger charge is 2.37. The van der Waals surface area contributed by atoms with E-state index in [9.17, 15) is 14.0 Å². The first-order valence-electron chi connectivity index (χ1n) is 6.76. The molecule has 0 fully saturated rings. The molecule has 1 aromatic heterocycles. The van der Waals surface area contributed by atoms with Crippen molar-refractivity contribution < 1.29 is 18.7 Å². The van der Waals surface area contributed by atoms with E-state index in [4.69, 9.17) is 4.74 Å². The van der Waals surface area contributed by atoms with Gasteiger partial charge >= 0.3 is 5.97 Å². The Morgan fingerprint density at radius 2 is 2.18 bits per heavy atom. The number of hydrogen-bond donors (Lipinski definition) is 1. The first-order valence-corrected chi connectivity index (χ1v) is 6.76. The van der Waals surface area contributed by atoms with E-state index in [-0.39, 0.29) is 18.5 Å². The van der Waals surface area contributed by atoms with Crippen molar-refractivity contribution in [3.05, 3.63) is 53.4 Å². The third kappa shape index (κ3) is 2.34. The fourth-order valence-electron chi connectivity index (χ4n) is 2.59. The average molecular weight is 303 g/mol. The van der Waals surface area contributed by atoms with Gasteiger partial charge in [0.25, 0.3) is 5.91 Å². The summed E-state index contributed by atoms with van der Waals surface area (Å²) in [7, 11) is 1.26. The van der Waals surface area contributed by atoms with E-state index in [0.29, 0.717) is 5.69 Å². The van der Waals surface area contributed by atoms with Crippen LogP contribution in [0, 0.1) is 5.82 Å². The number of aromatic amines is 1. The number of nitrogens with zero attached hydrogens (tertiary/aromatic N) is 2. The number of esters is 1. The largest absolute Gasteiger partial charge is 0.467 e. The molecular formula is C15H14FN3O3. The van der Waals surface area contributed by atoms with Crippen LogP contribution < -0.4 is 0 Å². The number of H-pyrrole nitrogens is 1. The SMILES string of the molecule is COC(=O)C1Cc2nc[nH]c2CN1C(=O)c1ccccc1F. The zero-order valence-electron chi connectivity index (χ0n) is 11.9. The minimum atomic E-state index is -0.812. The van der Waals surface area contributed by atoms with Crippen molar-refractivity contribution in [1.82, 2.24) is 14.9 Å². The minimum absolute atomic E-state index is 0.0700. The molecule has 3 rings (SSSR count). The Labute approximate surface area is 125 Å². The summed E-state index contributed by atoms with van der Waals surface area (Å²) < 4.78 is 18.6. The number of amides is 1. The summed E-state index contributed by atoms with van der Waals surface area (Å²) in [5.41, 5.74) is 1.39. The lowest BCUT2D eigenvalue weighted by atomic mass is 10.0. The third-order valence-electron chi connectivity index (χ3n) is 3.74. The number of ether oxygens (including phenoxy) is 1. The van der Waals surface area contributed by atoms with Gasteiger partial charge in [-0.15, -0.1) is 0 Å². The molecule has 0 bridgehead atoms. The first-order chi connectivity index (χ1) is 10.6. The van der Waals surface area contributed by atoms with Gasteiger partial charge in [-0.1, -0.05) is 12.1 Å². The van der Waals surface area contributed by atoms with Gasteiger partial charge in [0, 0.05) is 6.42 Å². The molecule has 7 heteroatoms. The van der Waals surface area contributed by atoms with Crippen molar-refractivity contribution in [2.75, 3.05) is 7.11 Å². The monoisotopic (exact) mass is 303 g/mol. The van der Waals surface area contributed by atoms with E-state index in [1.54, 1.807) is 6.07 Å². The van der Waals surface area contributed by atoms with Gasteiger partial charge in [0.05, 0.1) is 36.9 Å². The summed E-state index contributed by atoms with van der Waals surface area (Å²) in [6, 6.07) is 4.88. The number of fused-ring (bicyclic) bond motifs is 1. The molecular weight excluding hydrogens is 289 g/mol. The molecule has 114 valence electrons. The Morgan fingerprint density at radius 3 is 2.91 bits per heavy atom. The molecule has 0 saturated heterocycles. The highest BCUT2D eigenvalue weighted by Crippen LogP contribution is 2.24. The Balaban J connectivity index is 1.97. The maximum Gasteiger partial charge on any atom is 0.329 e. The molecule has 22 heavy (non-hydrogen) atoms. The van der Waals surface area contributed by atoms with Crippen molar-refractivity contribution in [3.8, 4) is 0 Å². The first kappa shape index (κ1) is 14.2. The molecule has 2 heterocycles. The molecule has 0 radical (unpaired) electrons. The van der Waals surface area contributed by atoms with E-state index in [1.165, 1.54) is 36.5 Å². The van der Waals surface area contributed by atoms with Gasteiger partial charge in [0.1, 0.15) is 11.9 Å².